The first-order valence-electron chi connectivity index (χ1n) is 6.39. The normalized spacial score (nSPS) is 18.2. The number of rotatable bonds is 4. The highest BCUT2D eigenvalue weighted by atomic mass is 16.5. The van der Waals surface area contributed by atoms with Crippen molar-refractivity contribution < 1.29 is 19.1 Å². The van der Waals surface area contributed by atoms with Crippen LogP contribution in [0.2, 0.25) is 0 Å². The molecule has 0 spiro atoms. The van der Waals surface area contributed by atoms with Crippen LogP contribution in [-0.2, 0) is 14.3 Å². The summed E-state index contributed by atoms with van der Waals surface area (Å²) < 4.78 is 10.0. The Morgan fingerprint density at radius 2 is 2.35 bits per heavy atom. The molecule has 1 fully saturated rings. The molecule has 1 atom stereocenters. The van der Waals surface area contributed by atoms with Crippen molar-refractivity contribution in [2.75, 3.05) is 13.2 Å². The molecule has 7 nitrogen and oxygen atoms in total. The molecule has 1 aromatic carbocycles. The molecule has 0 radical (unpaired) electrons. The number of esters is 2. The van der Waals surface area contributed by atoms with Crippen LogP contribution >= 0.6 is 0 Å². The van der Waals surface area contributed by atoms with Crippen LogP contribution in [0.1, 0.15) is 23.2 Å². The standard InChI is InChI=1S/C13H13N3O4/c17-12-8(4-6-19-12)5-7-20-13(18)9-2-1-3-10-11(9)15-16-14-10/h1-3,8H,4-7H2,(H,14,15,16). The van der Waals surface area contributed by atoms with Gasteiger partial charge < -0.3 is 9.47 Å². The molecule has 7 heteroatoms. The lowest BCUT2D eigenvalue weighted by Gasteiger charge is -2.07. The molecular formula is C13H13N3O4. The van der Waals surface area contributed by atoms with Crippen LogP contribution in [0, 0.1) is 5.92 Å². The first-order valence-corrected chi connectivity index (χ1v) is 6.39. The van der Waals surface area contributed by atoms with E-state index >= 15 is 0 Å². The van der Waals surface area contributed by atoms with Crippen LogP contribution in [0.15, 0.2) is 18.2 Å². The number of benzene rings is 1. The fourth-order valence-corrected chi connectivity index (χ4v) is 2.20. The zero-order valence-corrected chi connectivity index (χ0v) is 10.7. The number of carbonyl (C=O) groups is 2. The van der Waals surface area contributed by atoms with E-state index in [2.05, 4.69) is 15.4 Å². The molecule has 1 aromatic heterocycles. The van der Waals surface area contributed by atoms with Crippen molar-refractivity contribution >= 4 is 23.0 Å². The van der Waals surface area contributed by atoms with Gasteiger partial charge in [-0.15, -0.1) is 0 Å². The van der Waals surface area contributed by atoms with Crippen LogP contribution in [0.4, 0.5) is 0 Å². The van der Waals surface area contributed by atoms with Gasteiger partial charge in [-0.25, -0.2) is 4.79 Å². The van der Waals surface area contributed by atoms with E-state index < -0.39 is 5.97 Å². The summed E-state index contributed by atoms with van der Waals surface area (Å²) in [5.74, 6) is -0.832. The van der Waals surface area contributed by atoms with E-state index in [1.165, 1.54) is 0 Å². The highest BCUT2D eigenvalue weighted by Crippen LogP contribution is 2.19. The lowest BCUT2D eigenvalue weighted by molar-refractivity contribution is -0.141. The summed E-state index contributed by atoms with van der Waals surface area (Å²) in [4.78, 5) is 23.3. The summed E-state index contributed by atoms with van der Waals surface area (Å²) in [6.45, 7) is 0.641. The topological polar surface area (TPSA) is 94.2 Å². The number of fused-ring (bicyclic) bond motifs is 1. The molecule has 104 valence electrons. The van der Waals surface area contributed by atoms with Gasteiger partial charge in [-0.2, -0.15) is 15.4 Å². The predicted octanol–water partition coefficient (Wildman–Crippen LogP) is 1.07. The van der Waals surface area contributed by atoms with Crippen molar-refractivity contribution in [3.8, 4) is 0 Å². The number of aromatic amines is 1. The van der Waals surface area contributed by atoms with Gasteiger partial charge in [0.05, 0.1) is 24.7 Å². The highest BCUT2D eigenvalue weighted by Gasteiger charge is 2.26. The maximum atomic E-state index is 12.0. The Balaban J connectivity index is 1.62. The summed E-state index contributed by atoms with van der Waals surface area (Å²) in [7, 11) is 0. The Labute approximate surface area is 114 Å². The van der Waals surface area contributed by atoms with Crippen LogP contribution in [0.3, 0.4) is 0 Å². The third kappa shape index (κ3) is 2.34. The fraction of sp³-hybridized carbons (Fsp3) is 0.385. The molecule has 0 bridgehead atoms. The number of cyclic esters (lactones) is 1. The first-order chi connectivity index (χ1) is 9.75. The summed E-state index contributed by atoms with van der Waals surface area (Å²) in [6, 6.07) is 5.11. The minimum atomic E-state index is -0.462. The minimum absolute atomic E-state index is 0.161. The maximum absolute atomic E-state index is 12.0. The molecule has 3 rings (SSSR count). The van der Waals surface area contributed by atoms with Gasteiger partial charge in [0.1, 0.15) is 11.0 Å². The lowest BCUT2D eigenvalue weighted by Crippen LogP contribution is -2.13. The number of aromatic nitrogens is 3. The van der Waals surface area contributed by atoms with Crippen molar-refractivity contribution in [2.45, 2.75) is 12.8 Å². The molecule has 1 unspecified atom stereocenters. The van der Waals surface area contributed by atoms with Gasteiger partial charge in [0.25, 0.3) is 0 Å². The molecule has 1 aliphatic rings. The second-order valence-corrected chi connectivity index (χ2v) is 4.57. The van der Waals surface area contributed by atoms with Gasteiger partial charge in [0.15, 0.2) is 0 Å². The lowest BCUT2D eigenvalue weighted by atomic mass is 10.1. The van der Waals surface area contributed by atoms with Gasteiger partial charge in [-0.05, 0) is 25.0 Å². The quantitative estimate of drug-likeness (QED) is 0.839. The molecule has 20 heavy (non-hydrogen) atoms. The SMILES string of the molecule is O=C(OCCC1CCOC1=O)c1cccc2n[nH]nc12. The predicted molar refractivity (Wildman–Crippen MR) is 67.9 cm³/mol. The molecule has 1 N–H and O–H groups in total. The van der Waals surface area contributed by atoms with Crippen molar-refractivity contribution in [3.05, 3.63) is 23.8 Å². The number of hydrogen-bond donors (Lipinski definition) is 1. The van der Waals surface area contributed by atoms with Crippen LogP contribution in [-0.4, -0.2) is 40.6 Å². The molecule has 2 aromatic rings. The minimum Gasteiger partial charge on any atom is -0.465 e. The smallest absolute Gasteiger partial charge is 0.340 e. The van der Waals surface area contributed by atoms with Gasteiger partial charge >= 0.3 is 11.9 Å². The van der Waals surface area contributed by atoms with E-state index in [1.807, 2.05) is 0 Å². The third-order valence-electron chi connectivity index (χ3n) is 3.31. The Bertz CT molecular complexity index is 652. The van der Waals surface area contributed by atoms with E-state index in [0.717, 1.165) is 0 Å². The number of para-hydroxylation sites is 1. The Kier molecular flexibility index (Phi) is 3.32. The molecule has 0 aliphatic carbocycles. The van der Waals surface area contributed by atoms with E-state index in [4.69, 9.17) is 9.47 Å². The van der Waals surface area contributed by atoms with Crippen molar-refractivity contribution in [2.24, 2.45) is 5.92 Å². The zero-order chi connectivity index (χ0) is 13.9. The number of H-pyrrole nitrogens is 1. The summed E-state index contributed by atoms with van der Waals surface area (Å²) in [5.41, 5.74) is 1.46. The van der Waals surface area contributed by atoms with Crippen LogP contribution in [0.5, 0.6) is 0 Å². The monoisotopic (exact) mass is 275 g/mol. The number of nitrogens with zero attached hydrogens (tertiary/aromatic N) is 2. The molecule has 0 amide bonds. The molecule has 0 saturated carbocycles. The van der Waals surface area contributed by atoms with Gasteiger partial charge in [0, 0.05) is 0 Å². The van der Waals surface area contributed by atoms with Gasteiger partial charge in [0.2, 0.25) is 0 Å². The zero-order valence-electron chi connectivity index (χ0n) is 10.7. The number of carbonyl (C=O) groups excluding carboxylic acids is 2. The van der Waals surface area contributed by atoms with Crippen molar-refractivity contribution in [1.29, 1.82) is 0 Å². The van der Waals surface area contributed by atoms with Gasteiger partial charge in [-0.3, -0.25) is 4.79 Å². The highest BCUT2D eigenvalue weighted by molar-refractivity contribution is 6.01. The van der Waals surface area contributed by atoms with E-state index in [1.54, 1.807) is 18.2 Å². The summed E-state index contributed by atoms with van der Waals surface area (Å²) >= 11 is 0. The van der Waals surface area contributed by atoms with Crippen LogP contribution < -0.4 is 0 Å². The summed E-state index contributed by atoms with van der Waals surface area (Å²) in [5, 5.41) is 10.3. The largest absolute Gasteiger partial charge is 0.465 e. The molecule has 2 heterocycles. The Morgan fingerprint density at radius 3 is 3.15 bits per heavy atom. The van der Waals surface area contributed by atoms with Crippen molar-refractivity contribution in [3.63, 3.8) is 0 Å². The first kappa shape index (κ1) is 12.6. The average Bonchev–Trinajstić information content (AvgIpc) is 3.07. The molecular weight excluding hydrogens is 262 g/mol. The van der Waals surface area contributed by atoms with E-state index in [0.29, 0.717) is 36.0 Å². The van der Waals surface area contributed by atoms with Crippen LogP contribution in [0.25, 0.3) is 11.0 Å². The number of ether oxygens (including phenoxy) is 2. The number of nitrogens with one attached hydrogen (secondary N) is 1. The fourth-order valence-electron chi connectivity index (χ4n) is 2.20. The van der Waals surface area contributed by atoms with Gasteiger partial charge in [-0.1, -0.05) is 6.07 Å². The van der Waals surface area contributed by atoms with E-state index in [-0.39, 0.29) is 18.5 Å². The van der Waals surface area contributed by atoms with Crippen molar-refractivity contribution in [1.82, 2.24) is 15.4 Å². The molecule has 1 saturated heterocycles. The Morgan fingerprint density at radius 1 is 1.45 bits per heavy atom. The summed E-state index contributed by atoms with van der Waals surface area (Å²) in [6.07, 6.45) is 1.18. The molecule has 1 aliphatic heterocycles. The second-order valence-electron chi connectivity index (χ2n) is 4.57. The third-order valence-corrected chi connectivity index (χ3v) is 3.31. The average molecular weight is 275 g/mol. The maximum Gasteiger partial charge on any atom is 0.340 e. The number of hydrogen-bond acceptors (Lipinski definition) is 6. The van der Waals surface area contributed by atoms with E-state index in [9.17, 15) is 9.59 Å². The second kappa shape index (κ2) is 5.28. The Hall–Kier alpha value is -2.44.